The Labute approximate surface area is 231 Å². The lowest BCUT2D eigenvalue weighted by molar-refractivity contribution is -0.140. The number of thioether (sulfide) groups is 1. The number of carbonyl (C=O) groups is 3. The van der Waals surface area contributed by atoms with Gasteiger partial charge in [0.15, 0.2) is 0 Å². The highest BCUT2D eigenvalue weighted by molar-refractivity contribution is 8.02. The van der Waals surface area contributed by atoms with Crippen molar-refractivity contribution in [3.8, 4) is 0 Å². The molecule has 2 bridgehead atoms. The van der Waals surface area contributed by atoms with Gasteiger partial charge in [-0.15, -0.1) is 11.8 Å². The molecule has 1 aromatic carbocycles. The predicted molar refractivity (Wildman–Crippen MR) is 153 cm³/mol. The summed E-state index contributed by atoms with van der Waals surface area (Å²) >= 11 is 1.70. The van der Waals surface area contributed by atoms with Gasteiger partial charge in [-0.1, -0.05) is 6.92 Å². The number of hydrogen-bond donors (Lipinski definition) is 3. The largest absolute Gasteiger partial charge is 0.396 e. The molecular weight excluding hydrogens is 500 g/mol. The monoisotopic (exact) mass is 544 g/mol. The molecule has 0 radical (unpaired) electrons. The summed E-state index contributed by atoms with van der Waals surface area (Å²) in [6.45, 7) is 11.3. The molecule has 3 amide bonds. The molecule has 8 nitrogen and oxygen atoms in total. The van der Waals surface area contributed by atoms with Crippen LogP contribution in [0.5, 0.6) is 0 Å². The maximum atomic E-state index is 14.0. The van der Waals surface area contributed by atoms with Gasteiger partial charge in [-0.05, 0) is 83.6 Å². The van der Waals surface area contributed by atoms with Crippen LogP contribution in [0, 0.1) is 11.8 Å². The van der Waals surface area contributed by atoms with Gasteiger partial charge in [0.25, 0.3) is 0 Å². The van der Waals surface area contributed by atoms with E-state index in [1.54, 1.807) is 16.7 Å². The number of nitrogens with one attached hydrogen (secondary N) is 2. The molecule has 3 saturated heterocycles. The van der Waals surface area contributed by atoms with E-state index in [0.29, 0.717) is 31.6 Å². The van der Waals surface area contributed by atoms with Gasteiger partial charge in [0.05, 0.1) is 16.6 Å². The molecule has 1 spiro atoms. The van der Waals surface area contributed by atoms with E-state index in [0.717, 1.165) is 44.5 Å². The van der Waals surface area contributed by atoms with E-state index in [1.807, 2.05) is 31.2 Å². The molecule has 4 rings (SSSR count). The van der Waals surface area contributed by atoms with Gasteiger partial charge in [0, 0.05) is 48.9 Å². The van der Waals surface area contributed by atoms with Crippen molar-refractivity contribution >= 4 is 40.9 Å². The van der Waals surface area contributed by atoms with Crippen molar-refractivity contribution < 1.29 is 19.5 Å². The van der Waals surface area contributed by atoms with E-state index in [2.05, 4.69) is 36.3 Å². The van der Waals surface area contributed by atoms with Gasteiger partial charge in [-0.25, -0.2) is 0 Å². The van der Waals surface area contributed by atoms with Crippen LogP contribution in [-0.4, -0.2) is 76.0 Å². The number of amides is 3. The smallest absolute Gasteiger partial charge is 0.248 e. The molecule has 9 heteroatoms. The van der Waals surface area contributed by atoms with Crippen LogP contribution in [0.2, 0.25) is 0 Å². The third kappa shape index (κ3) is 5.04. The summed E-state index contributed by atoms with van der Waals surface area (Å²) < 4.78 is -0.965. The van der Waals surface area contributed by atoms with Crippen LogP contribution in [0.3, 0.4) is 0 Å². The van der Waals surface area contributed by atoms with E-state index >= 15 is 0 Å². The SMILES string of the molecule is CCCNC(=O)[C@H]1[C@H]2C(=O)N(CCCCCO)C(C(=O)Nc3ccc(N(CC)CC)cc3)C23CC[C@]1(C)S3. The third-order valence-corrected chi connectivity index (χ3v) is 10.7. The first-order valence-electron chi connectivity index (χ1n) is 14.3. The number of benzene rings is 1. The lowest BCUT2D eigenvalue weighted by Gasteiger charge is -2.34. The van der Waals surface area contributed by atoms with Gasteiger partial charge in [0.2, 0.25) is 17.7 Å². The Morgan fingerprint density at radius 2 is 1.79 bits per heavy atom. The second kappa shape index (κ2) is 11.9. The lowest BCUT2D eigenvalue weighted by Crippen LogP contribution is -2.52. The molecule has 3 aliphatic rings. The Kier molecular flexibility index (Phi) is 8.97. The highest BCUT2D eigenvalue weighted by atomic mass is 32.2. The molecule has 210 valence electrons. The topological polar surface area (TPSA) is 102 Å². The van der Waals surface area contributed by atoms with Crippen LogP contribution in [-0.2, 0) is 14.4 Å². The molecule has 3 aliphatic heterocycles. The van der Waals surface area contributed by atoms with Crippen LogP contribution in [0.1, 0.15) is 66.2 Å². The van der Waals surface area contributed by atoms with Gasteiger partial charge in [-0.2, -0.15) is 0 Å². The third-order valence-electron chi connectivity index (χ3n) is 8.68. The molecule has 0 aliphatic carbocycles. The average molecular weight is 545 g/mol. The zero-order valence-corrected chi connectivity index (χ0v) is 24.1. The Morgan fingerprint density at radius 3 is 2.42 bits per heavy atom. The second-order valence-electron chi connectivity index (χ2n) is 11.0. The van der Waals surface area contributed by atoms with Crippen molar-refractivity contribution in [2.45, 2.75) is 81.8 Å². The number of nitrogens with zero attached hydrogens (tertiary/aromatic N) is 2. The molecule has 0 aromatic heterocycles. The fraction of sp³-hybridized carbons (Fsp3) is 0.690. The highest BCUT2D eigenvalue weighted by Crippen LogP contribution is 2.71. The van der Waals surface area contributed by atoms with Gasteiger partial charge >= 0.3 is 0 Å². The first-order chi connectivity index (χ1) is 18.3. The summed E-state index contributed by atoms with van der Waals surface area (Å²) in [4.78, 5) is 45.4. The number of rotatable bonds is 13. The Morgan fingerprint density at radius 1 is 1.08 bits per heavy atom. The molecular formula is C29H44N4O4S. The summed E-state index contributed by atoms with van der Waals surface area (Å²) in [7, 11) is 0. The van der Waals surface area contributed by atoms with Gasteiger partial charge < -0.3 is 25.5 Å². The average Bonchev–Trinajstić information content (AvgIpc) is 3.47. The number of unbranched alkanes of at least 4 members (excludes halogenated alkanes) is 2. The van der Waals surface area contributed by atoms with E-state index in [-0.39, 0.29) is 29.1 Å². The maximum absolute atomic E-state index is 14.0. The van der Waals surface area contributed by atoms with E-state index in [4.69, 9.17) is 0 Å². The number of hydrogen-bond acceptors (Lipinski definition) is 6. The van der Waals surface area contributed by atoms with Crippen LogP contribution in [0.15, 0.2) is 24.3 Å². The summed E-state index contributed by atoms with van der Waals surface area (Å²) in [6.07, 6.45) is 4.56. The maximum Gasteiger partial charge on any atom is 0.248 e. The highest BCUT2D eigenvalue weighted by Gasteiger charge is 2.76. The van der Waals surface area contributed by atoms with Crippen molar-refractivity contribution in [2.24, 2.45) is 11.8 Å². The Hall–Kier alpha value is -2.26. The minimum absolute atomic E-state index is 0.0601. The number of aliphatic hydroxyl groups excluding tert-OH is 1. The van der Waals surface area contributed by atoms with Crippen LogP contribution in [0.4, 0.5) is 11.4 Å². The first-order valence-corrected chi connectivity index (χ1v) is 15.1. The fourth-order valence-electron chi connectivity index (χ4n) is 6.85. The summed E-state index contributed by atoms with van der Waals surface area (Å²) in [6, 6.07) is 7.24. The standard InChI is InChI=1S/C29H44N4O4S/c1-5-17-30-25(35)22-23-27(37)33(18-9-8-10-19-34)24(29(23)16-15-28(22,4)38-29)26(36)31-20-11-13-21(14-12-20)32(6-2)7-3/h11-14,22-24,34H,5-10,15-19H2,1-4H3,(H,30,35)(H,31,36)/t22-,23+,24?,28+,29?/m1/s1. The lowest BCUT2D eigenvalue weighted by atomic mass is 9.66. The van der Waals surface area contributed by atoms with Crippen molar-refractivity contribution in [2.75, 3.05) is 43.0 Å². The molecule has 3 N–H and O–H groups in total. The van der Waals surface area contributed by atoms with Gasteiger partial charge in [0.1, 0.15) is 6.04 Å². The summed E-state index contributed by atoms with van der Waals surface area (Å²) in [5.74, 6) is -1.24. The number of likely N-dealkylation sites (tertiary alicyclic amines) is 1. The predicted octanol–water partition coefficient (Wildman–Crippen LogP) is 3.64. The minimum Gasteiger partial charge on any atom is -0.396 e. The normalized spacial score (nSPS) is 29.4. The number of anilines is 2. The van der Waals surface area contributed by atoms with Crippen molar-refractivity contribution in [3.05, 3.63) is 24.3 Å². The van der Waals surface area contributed by atoms with E-state index in [9.17, 15) is 19.5 Å². The molecule has 0 saturated carbocycles. The Balaban J connectivity index is 1.62. The van der Waals surface area contributed by atoms with Gasteiger partial charge in [-0.3, -0.25) is 14.4 Å². The molecule has 5 atom stereocenters. The fourth-order valence-corrected chi connectivity index (χ4v) is 9.21. The number of aliphatic hydroxyl groups is 1. The van der Waals surface area contributed by atoms with Crippen molar-refractivity contribution in [1.82, 2.24) is 10.2 Å². The Bertz CT molecular complexity index is 1020. The van der Waals surface area contributed by atoms with Crippen molar-refractivity contribution in [3.63, 3.8) is 0 Å². The number of carbonyl (C=O) groups excluding carboxylic acids is 3. The summed E-state index contributed by atoms with van der Waals surface area (Å²) in [5.41, 5.74) is 1.81. The van der Waals surface area contributed by atoms with Crippen LogP contribution >= 0.6 is 11.8 Å². The molecule has 38 heavy (non-hydrogen) atoms. The molecule has 3 heterocycles. The molecule has 2 unspecified atom stereocenters. The summed E-state index contributed by atoms with van der Waals surface area (Å²) in [5, 5.41) is 15.4. The number of fused-ring (bicyclic) bond motifs is 1. The minimum atomic E-state index is -0.632. The quantitative estimate of drug-likeness (QED) is 0.328. The zero-order valence-electron chi connectivity index (χ0n) is 23.3. The zero-order chi connectivity index (χ0) is 27.5. The second-order valence-corrected chi connectivity index (χ2v) is 12.9. The van der Waals surface area contributed by atoms with E-state index in [1.165, 1.54) is 0 Å². The molecule has 1 aromatic rings. The van der Waals surface area contributed by atoms with Crippen LogP contribution in [0.25, 0.3) is 0 Å². The molecule has 3 fully saturated rings. The van der Waals surface area contributed by atoms with E-state index < -0.39 is 22.6 Å². The van der Waals surface area contributed by atoms with Crippen molar-refractivity contribution in [1.29, 1.82) is 0 Å². The van der Waals surface area contributed by atoms with Crippen LogP contribution < -0.4 is 15.5 Å². The first kappa shape index (κ1) is 28.7.